The van der Waals surface area contributed by atoms with Crippen LogP contribution in [-0.4, -0.2) is 23.1 Å². The molecule has 0 fully saturated rings. The topological polar surface area (TPSA) is 29.0 Å². The van der Waals surface area contributed by atoms with Crippen molar-refractivity contribution in [2.75, 3.05) is 18.0 Å². The van der Waals surface area contributed by atoms with E-state index in [1.807, 2.05) is 25.1 Å². The number of rotatable bonds is 3. The third-order valence-corrected chi connectivity index (χ3v) is 3.05. The molecule has 0 atom stereocenters. The summed E-state index contributed by atoms with van der Waals surface area (Å²) in [5.74, 6) is 1.77. The summed E-state index contributed by atoms with van der Waals surface area (Å²) < 4.78 is 0. The van der Waals surface area contributed by atoms with E-state index < -0.39 is 0 Å². The summed E-state index contributed by atoms with van der Waals surface area (Å²) in [5.41, 5.74) is 0.948. The van der Waals surface area contributed by atoms with Crippen LogP contribution in [0.25, 0.3) is 10.9 Å². The Labute approximate surface area is 106 Å². The Balaban J connectivity index is 2.71. The van der Waals surface area contributed by atoms with E-state index in [0.717, 1.165) is 40.7 Å². The molecule has 1 heterocycles. The van der Waals surface area contributed by atoms with Gasteiger partial charge >= 0.3 is 0 Å². The molecule has 17 heavy (non-hydrogen) atoms. The minimum Gasteiger partial charge on any atom is -0.357 e. The third-order valence-electron chi connectivity index (χ3n) is 2.81. The first-order valence-electron chi connectivity index (χ1n) is 5.84. The van der Waals surface area contributed by atoms with E-state index in [1.165, 1.54) is 0 Å². The van der Waals surface area contributed by atoms with Crippen molar-refractivity contribution in [3.05, 3.63) is 29.0 Å². The van der Waals surface area contributed by atoms with Gasteiger partial charge in [0.05, 0.1) is 5.52 Å². The van der Waals surface area contributed by atoms with Crippen molar-refractivity contribution in [2.24, 2.45) is 0 Å². The first-order valence-corrected chi connectivity index (χ1v) is 6.22. The molecule has 0 bridgehead atoms. The second-order valence-corrected chi connectivity index (χ2v) is 4.36. The minimum atomic E-state index is 0.721. The molecule has 3 nitrogen and oxygen atoms in total. The fourth-order valence-corrected chi connectivity index (χ4v) is 2.13. The molecule has 1 aromatic carbocycles. The summed E-state index contributed by atoms with van der Waals surface area (Å²) in [6.07, 6.45) is 0. The maximum atomic E-state index is 6.05. The number of fused-ring (bicyclic) bond motifs is 1. The van der Waals surface area contributed by atoms with E-state index in [0.29, 0.717) is 0 Å². The smallest absolute Gasteiger partial charge is 0.140 e. The molecule has 0 aliphatic carbocycles. The molecule has 0 amide bonds. The van der Waals surface area contributed by atoms with Gasteiger partial charge in [0.1, 0.15) is 11.6 Å². The van der Waals surface area contributed by atoms with Gasteiger partial charge in [0.25, 0.3) is 0 Å². The van der Waals surface area contributed by atoms with Crippen molar-refractivity contribution in [3.8, 4) is 0 Å². The Hall–Kier alpha value is -1.35. The maximum absolute atomic E-state index is 6.05. The summed E-state index contributed by atoms with van der Waals surface area (Å²) in [6, 6.07) is 5.74. The second kappa shape index (κ2) is 4.88. The molecule has 0 aliphatic heterocycles. The van der Waals surface area contributed by atoms with Gasteiger partial charge in [0.2, 0.25) is 0 Å². The predicted molar refractivity (Wildman–Crippen MR) is 72.8 cm³/mol. The number of halogens is 1. The zero-order valence-corrected chi connectivity index (χ0v) is 11.1. The van der Waals surface area contributed by atoms with Gasteiger partial charge < -0.3 is 4.90 Å². The molecular formula is C13H16ClN3. The van der Waals surface area contributed by atoms with Gasteiger partial charge in [-0.3, -0.25) is 0 Å². The average molecular weight is 250 g/mol. The molecule has 0 aliphatic rings. The van der Waals surface area contributed by atoms with Gasteiger partial charge in [0, 0.05) is 23.5 Å². The molecule has 0 saturated carbocycles. The summed E-state index contributed by atoms with van der Waals surface area (Å²) >= 11 is 6.05. The van der Waals surface area contributed by atoms with Crippen LogP contribution in [-0.2, 0) is 0 Å². The van der Waals surface area contributed by atoms with Crippen LogP contribution in [0.3, 0.4) is 0 Å². The molecule has 0 radical (unpaired) electrons. The van der Waals surface area contributed by atoms with Crippen LogP contribution in [0.15, 0.2) is 18.2 Å². The normalized spacial score (nSPS) is 10.8. The highest BCUT2D eigenvalue weighted by atomic mass is 35.5. The number of hydrogen-bond donors (Lipinski definition) is 0. The lowest BCUT2D eigenvalue weighted by Crippen LogP contribution is -2.23. The van der Waals surface area contributed by atoms with Crippen molar-refractivity contribution < 1.29 is 0 Å². The number of anilines is 1. The molecule has 2 aromatic rings. The van der Waals surface area contributed by atoms with Crippen LogP contribution < -0.4 is 4.90 Å². The Morgan fingerprint density at radius 1 is 1.18 bits per heavy atom. The lowest BCUT2D eigenvalue weighted by Gasteiger charge is -2.21. The standard InChI is InChI=1S/C13H16ClN3/c1-4-17(5-2)13-11-8-10(14)6-7-12(11)15-9(3)16-13/h6-8H,4-5H2,1-3H3. The van der Waals surface area contributed by atoms with E-state index >= 15 is 0 Å². The second-order valence-electron chi connectivity index (χ2n) is 3.93. The Bertz CT molecular complexity index is 535. The third kappa shape index (κ3) is 2.34. The first kappa shape index (κ1) is 12.1. The average Bonchev–Trinajstić information content (AvgIpc) is 2.31. The summed E-state index contributed by atoms with van der Waals surface area (Å²) in [4.78, 5) is 11.2. The van der Waals surface area contributed by atoms with E-state index in [-0.39, 0.29) is 0 Å². The minimum absolute atomic E-state index is 0.721. The van der Waals surface area contributed by atoms with Crippen molar-refractivity contribution in [1.82, 2.24) is 9.97 Å². The largest absolute Gasteiger partial charge is 0.357 e. The van der Waals surface area contributed by atoms with Gasteiger partial charge in [-0.05, 0) is 39.0 Å². The molecule has 1 aromatic heterocycles. The highest BCUT2D eigenvalue weighted by Gasteiger charge is 2.11. The van der Waals surface area contributed by atoms with Crippen molar-refractivity contribution in [1.29, 1.82) is 0 Å². The van der Waals surface area contributed by atoms with E-state index in [1.54, 1.807) is 0 Å². The van der Waals surface area contributed by atoms with Crippen LogP contribution in [0.5, 0.6) is 0 Å². The Morgan fingerprint density at radius 3 is 2.53 bits per heavy atom. The van der Waals surface area contributed by atoms with Crippen LogP contribution in [0.4, 0.5) is 5.82 Å². The van der Waals surface area contributed by atoms with E-state index in [9.17, 15) is 0 Å². The van der Waals surface area contributed by atoms with Gasteiger partial charge in [0.15, 0.2) is 0 Å². The van der Waals surface area contributed by atoms with E-state index in [2.05, 4.69) is 28.7 Å². The molecule has 4 heteroatoms. The quantitative estimate of drug-likeness (QED) is 0.835. The van der Waals surface area contributed by atoms with Gasteiger partial charge in [-0.1, -0.05) is 11.6 Å². The number of aryl methyl sites for hydroxylation is 1. The maximum Gasteiger partial charge on any atom is 0.140 e. The highest BCUT2D eigenvalue weighted by Crippen LogP contribution is 2.26. The van der Waals surface area contributed by atoms with E-state index in [4.69, 9.17) is 11.6 Å². The summed E-state index contributed by atoms with van der Waals surface area (Å²) in [7, 11) is 0. The number of benzene rings is 1. The lowest BCUT2D eigenvalue weighted by atomic mass is 10.2. The molecular weight excluding hydrogens is 234 g/mol. The fraction of sp³-hybridized carbons (Fsp3) is 0.385. The summed E-state index contributed by atoms with van der Waals surface area (Å²) in [6.45, 7) is 8.01. The molecule has 0 spiro atoms. The van der Waals surface area contributed by atoms with Gasteiger partial charge in [-0.15, -0.1) is 0 Å². The molecule has 0 N–H and O–H groups in total. The lowest BCUT2D eigenvalue weighted by molar-refractivity contribution is 0.843. The molecule has 2 rings (SSSR count). The monoisotopic (exact) mass is 249 g/mol. The first-order chi connectivity index (χ1) is 8.15. The van der Waals surface area contributed by atoms with Crippen LogP contribution in [0.2, 0.25) is 5.02 Å². The van der Waals surface area contributed by atoms with Crippen molar-refractivity contribution >= 4 is 28.3 Å². The van der Waals surface area contributed by atoms with Crippen LogP contribution in [0, 0.1) is 6.92 Å². The zero-order chi connectivity index (χ0) is 12.4. The predicted octanol–water partition coefficient (Wildman–Crippen LogP) is 3.44. The van der Waals surface area contributed by atoms with Gasteiger partial charge in [-0.25, -0.2) is 9.97 Å². The van der Waals surface area contributed by atoms with Gasteiger partial charge in [-0.2, -0.15) is 0 Å². The number of aromatic nitrogens is 2. The van der Waals surface area contributed by atoms with Crippen LogP contribution >= 0.6 is 11.6 Å². The fourth-order valence-electron chi connectivity index (χ4n) is 1.96. The number of hydrogen-bond acceptors (Lipinski definition) is 3. The zero-order valence-electron chi connectivity index (χ0n) is 10.4. The highest BCUT2D eigenvalue weighted by molar-refractivity contribution is 6.31. The Kier molecular flexibility index (Phi) is 3.48. The molecule has 0 unspecified atom stereocenters. The Morgan fingerprint density at radius 2 is 1.88 bits per heavy atom. The molecule has 0 saturated heterocycles. The summed E-state index contributed by atoms with van der Waals surface area (Å²) in [5, 5.41) is 1.74. The van der Waals surface area contributed by atoms with Crippen LogP contribution in [0.1, 0.15) is 19.7 Å². The van der Waals surface area contributed by atoms with Crippen molar-refractivity contribution in [3.63, 3.8) is 0 Å². The molecule has 90 valence electrons. The number of nitrogens with zero attached hydrogens (tertiary/aromatic N) is 3. The van der Waals surface area contributed by atoms with Crippen molar-refractivity contribution in [2.45, 2.75) is 20.8 Å². The SMILES string of the molecule is CCN(CC)c1nc(C)nc2ccc(Cl)cc12.